The minimum Gasteiger partial charge on any atom is -0.452 e. The van der Waals surface area contributed by atoms with E-state index in [1.54, 1.807) is 6.07 Å². The molecule has 1 aliphatic carbocycles. The predicted molar refractivity (Wildman–Crippen MR) is 85.8 cm³/mol. The number of esters is 1. The average molecular weight is 303 g/mol. The van der Waals surface area contributed by atoms with Crippen LogP contribution in [-0.2, 0) is 9.53 Å². The van der Waals surface area contributed by atoms with Gasteiger partial charge in [-0.05, 0) is 44.2 Å². The minimum absolute atomic E-state index is 0.209. The lowest BCUT2D eigenvalue weighted by atomic mass is 9.86. The van der Waals surface area contributed by atoms with Gasteiger partial charge in [0, 0.05) is 6.04 Å². The fraction of sp³-hybridized carbons (Fsp3) is 0.556. The van der Waals surface area contributed by atoms with Crippen LogP contribution in [0.2, 0.25) is 0 Å². The van der Waals surface area contributed by atoms with Crippen molar-refractivity contribution >= 4 is 11.9 Å². The summed E-state index contributed by atoms with van der Waals surface area (Å²) in [5.41, 5.74) is 2.38. The van der Waals surface area contributed by atoms with Gasteiger partial charge in [-0.3, -0.25) is 4.79 Å². The van der Waals surface area contributed by atoms with Crippen molar-refractivity contribution in [1.82, 2.24) is 5.32 Å². The van der Waals surface area contributed by atoms with Gasteiger partial charge in [-0.1, -0.05) is 37.5 Å². The van der Waals surface area contributed by atoms with Gasteiger partial charge in [0.2, 0.25) is 0 Å². The predicted octanol–water partition coefficient (Wildman–Crippen LogP) is 3.16. The molecule has 2 atom stereocenters. The van der Waals surface area contributed by atoms with Gasteiger partial charge >= 0.3 is 5.97 Å². The summed E-state index contributed by atoms with van der Waals surface area (Å²) >= 11 is 0. The number of benzene rings is 1. The molecule has 0 heterocycles. The number of carbonyl (C=O) groups excluding carboxylic acids is 2. The second kappa shape index (κ2) is 7.43. The summed E-state index contributed by atoms with van der Waals surface area (Å²) in [6.07, 6.45) is 4.54. The smallest absolute Gasteiger partial charge is 0.338 e. The molecule has 0 saturated heterocycles. The second-order valence-corrected chi connectivity index (χ2v) is 6.33. The zero-order chi connectivity index (χ0) is 16.1. The van der Waals surface area contributed by atoms with E-state index in [0.29, 0.717) is 11.5 Å². The van der Waals surface area contributed by atoms with E-state index < -0.39 is 5.97 Å². The molecular formula is C18H25NO3. The largest absolute Gasteiger partial charge is 0.452 e. The number of amides is 1. The number of hydrogen-bond donors (Lipinski definition) is 1. The summed E-state index contributed by atoms with van der Waals surface area (Å²) in [5, 5.41) is 2.99. The molecule has 1 aliphatic rings. The molecule has 2 rings (SSSR count). The molecule has 0 unspecified atom stereocenters. The average Bonchev–Trinajstić information content (AvgIpc) is 2.49. The van der Waals surface area contributed by atoms with Gasteiger partial charge in [0.1, 0.15) is 0 Å². The Hall–Kier alpha value is -1.84. The molecule has 1 fully saturated rings. The Balaban J connectivity index is 1.85. The van der Waals surface area contributed by atoms with Crippen LogP contribution in [0.4, 0.5) is 0 Å². The summed E-state index contributed by atoms with van der Waals surface area (Å²) < 4.78 is 5.15. The van der Waals surface area contributed by atoms with Crippen LogP contribution in [0.25, 0.3) is 0 Å². The van der Waals surface area contributed by atoms with E-state index >= 15 is 0 Å². The van der Waals surface area contributed by atoms with Gasteiger partial charge in [-0.25, -0.2) is 4.79 Å². The van der Waals surface area contributed by atoms with E-state index in [-0.39, 0.29) is 18.6 Å². The zero-order valence-electron chi connectivity index (χ0n) is 13.6. The van der Waals surface area contributed by atoms with E-state index in [0.717, 1.165) is 30.4 Å². The van der Waals surface area contributed by atoms with Crippen LogP contribution in [0.5, 0.6) is 0 Å². The van der Waals surface area contributed by atoms with E-state index in [9.17, 15) is 9.59 Å². The topological polar surface area (TPSA) is 55.4 Å². The van der Waals surface area contributed by atoms with Gasteiger partial charge in [-0.15, -0.1) is 0 Å². The Bertz CT molecular complexity index is 553. The van der Waals surface area contributed by atoms with Crippen molar-refractivity contribution in [1.29, 1.82) is 0 Å². The molecular weight excluding hydrogens is 278 g/mol. The third-order valence-corrected chi connectivity index (χ3v) is 4.41. The second-order valence-electron chi connectivity index (χ2n) is 6.33. The van der Waals surface area contributed by atoms with Crippen LogP contribution >= 0.6 is 0 Å². The number of nitrogens with one attached hydrogen (secondary N) is 1. The molecule has 1 saturated carbocycles. The van der Waals surface area contributed by atoms with Crippen LogP contribution in [0.15, 0.2) is 18.2 Å². The van der Waals surface area contributed by atoms with Gasteiger partial charge in [0.25, 0.3) is 5.91 Å². The van der Waals surface area contributed by atoms with E-state index in [1.807, 2.05) is 26.0 Å². The number of carbonyl (C=O) groups is 2. The Morgan fingerprint density at radius 1 is 1.23 bits per heavy atom. The molecule has 0 spiro atoms. The highest BCUT2D eigenvalue weighted by molar-refractivity contribution is 5.92. The van der Waals surface area contributed by atoms with Gasteiger partial charge in [0.05, 0.1) is 5.56 Å². The Morgan fingerprint density at radius 2 is 1.95 bits per heavy atom. The molecule has 22 heavy (non-hydrogen) atoms. The monoisotopic (exact) mass is 303 g/mol. The van der Waals surface area contributed by atoms with Crippen LogP contribution in [0, 0.1) is 19.8 Å². The van der Waals surface area contributed by atoms with Crippen LogP contribution in [0.1, 0.15) is 54.1 Å². The minimum atomic E-state index is -0.437. The van der Waals surface area contributed by atoms with E-state index in [1.165, 1.54) is 6.42 Å². The number of rotatable bonds is 4. The highest BCUT2D eigenvalue weighted by Crippen LogP contribution is 2.23. The summed E-state index contributed by atoms with van der Waals surface area (Å²) in [5.74, 6) is -0.155. The molecule has 1 amide bonds. The van der Waals surface area contributed by atoms with Crippen molar-refractivity contribution in [3.8, 4) is 0 Å². The molecule has 1 aromatic rings. The zero-order valence-corrected chi connectivity index (χ0v) is 13.6. The number of ether oxygens (including phenoxy) is 1. The third-order valence-electron chi connectivity index (χ3n) is 4.41. The maximum atomic E-state index is 12.1. The van der Waals surface area contributed by atoms with Gasteiger partial charge in [0.15, 0.2) is 6.61 Å². The normalized spacial score (nSPS) is 21.2. The molecule has 0 radical (unpaired) electrons. The van der Waals surface area contributed by atoms with Crippen LogP contribution < -0.4 is 5.32 Å². The first kappa shape index (κ1) is 16.5. The first-order valence-corrected chi connectivity index (χ1v) is 8.01. The van der Waals surface area contributed by atoms with Crippen molar-refractivity contribution < 1.29 is 14.3 Å². The maximum absolute atomic E-state index is 12.1. The standard InChI is InChI=1S/C18H25NO3/c1-12-8-9-13(2)15(10-12)18(21)22-11-17(20)19-16-7-5-4-6-14(16)3/h8-10,14,16H,4-7,11H2,1-3H3,(H,19,20)/t14-,16-/m0/s1. The van der Waals surface area contributed by atoms with E-state index in [4.69, 9.17) is 4.74 Å². The molecule has 0 aromatic heterocycles. The Labute approximate surface area is 132 Å². The molecule has 0 aliphatic heterocycles. The fourth-order valence-electron chi connectivity index (χ4n) is 2.94. The third kappa shape index (κ3) is 4.33. The summed E-state index contributed by atoms with van der Waals surface area (Å²) in [6.45, 7) is 5.73. The number of hydrogen-bond acceptors (Lipinski definition) is 3. The lowest BCUT2D eigenvalue weighted by Crippen LogP contribution is -2.42. The van der Waals surface area contributed by atoms with E-state index in [2.05, 4.69) is 12.2 Å². The summed E-state index contributed by atoms with van der Waals surface area (Å²) in [6, 6.07) is 5.83. The Morgan fingerprint density at radius 3 is 2.68 bits per heavy atom. The van der Waals surface area contributed by atoms with Crippen molar-refractivity contribution in [3.05, 3.63) is 34.9 Å². The lowest BCUT2D eigenvalue weighted by Gasteiger charge is -2.29. The molecule has 4 heteroatoms. The van der Waals surface area contributed by atoms with Crippen molar-refractivity contribution in [2.75, 3.05) is 6.61 Å². The quantitative estimate of drug-likeness (QED) is 0.869. The molecule has 0 bridgehead atoms. The fourth-order valence-corrected chi connectivity index (χ4v) is 2.94. The van der Waals surface area contributed by atoms with Crippen LogP contribution in [-0.4, -0.2) is 24.5 Å². The molecule has 1 aromatic carbocycles. The number of aryl methyl sites for hydroxylation is 2. The highest BCUT2D eigenvalue weighted by atomic mass is 16.5. The molecule has 4 nitrogen and oxygen atoms in total. The SMILES string of the molecule is Cc1ccc(C)c(C(=O)OCC(=O)N[C@H]2CCCC[C@@H]2C)c1. The van der Waals surface area contributed by atoms with Crippen molar-refractivity contribution in [2.45, 2.75) is 52.5 Å². The Kier molecular flexibility index (Phi) is 5.58. The first-order valence-electron chi connectivity index (χ1n) is 8.01. The molecule has 120 valence electrons. The lowest BCUT2D eigenvalue weighted by molar-refractivity contribution is -0.125. The highest BCUT2D eigenvalue weighted by Gasteiger charge is 2.23. The van der Waals surface area contributed by atoms with Crippen molar-refractivity contribution in [3.63, 3.8) is 0 Å². The van der Waals surface area contributed by atoms with Gasteiger partial charge < -0.3 is 10.1 Å². The van der Waals surface area contributed by atoms with Gasteiger partial charge in [-0.2, -0.15) is 0 Å². The summed E-state index contributed by atoms with van der Waals surface area (Å²) in [4.78, 5) is 24.0. The van der Waals surface area contributed by atoms with Crippen molar-refractivity contribution in [2.24, 2.45) is 5.92 Å². The maximum Gasteiger partial charge on any atom is 0.338 e. The molecule has 1 N–H and O–H groups in total. The first-order chi connectivity index (χ1) is 10.5. The summed E-state index contributed by atoms with van der Waals surface area (Å²) in [7, 11) is 0. The van der Waals surface area contributed by atoms with Crippen LogP contribution in [0.3, 0.4) is 0 Å².